The van der Waals surface area contributed by atoms with E-state index in [1.54, 1.807) is 0 Å². The van der Waals surface area contributed by atoms with Gasteiger partial charge in [0, 0.05) is 12.8 Å². The Morgan fingerprint density at radius 3 is 2.37 bits per heavy atom. The van der Waals surface area contributed by atoms with Crippen molar-refractivity contribution in [3.63, 3.8) is 0 Å². The molecule has 1 aliphatic rings. The summed E-state index contributed by atoms with van der Waals surface area (Å²) in [4.78, 5) is 12.9. The molecular weight excluding hydrogens is 550 g/mol. The molecule has 5 heteroatoms. The minimum atomic E-state index is -0.107. The number of benzene rings is 1. The van der Waals surface area contributed by atoms with Crippen LogP contribution in [0.2, 0.25) is 0 Å². The summed E-state index contributed by atoms with van der Waals surface area (Å²) in [7, 11) is 0. The molecule has 2 unspecified atom stereocenters. The predicted molar refractivity (Wildman–Crippen MR) is 183 cm³/mol. The fourth-order valence-corrected chi connectivity index (χ4v) is 6.35. The molecule has 4 nitrogen and oxygen atoms in total. The van der Waals surface area contributed by atoms with Crippen LogP contribution in [0.15, 0.2) is 41.8 Å². The van der Waals surface area contributed by atoms with Crippen molar-refractivity contribution < 1.29 is 14.3 Å². The molecule has 2 atom stereocenters. The van der Waals surface area contributed by atoms with Crippen LogP contribution >= 0.6 is 11.5 Å². The maximum Gasteiger partial charge on any atom is 0.306 e. The second-order valence-corrected chi connectivity index (χ2v) is 13.4. The van der Waals surface area contributed by atoms with Crippen LogP contribution in [-0.4, -0.2) is 23.1 Å². The summed E-state index contributed by atoms with van der Waals surface area (Å²) in [5.74, 6) is 2.07. The molecule has 0 saturated heterocycles. The van der Waals surface area contributed by atoms with E-state index in [2.05, 4.69) is 56.5 Å². The van der Waals surface area contributed by atoms with Crippen LogP contribution in [0.25, 0.3) is 5.57 Å². The molecule has 1 saturated carbocycles. The van der Waals surface area contributed by atoms with Crippen LogP contribution in [-0.2, 0) is 16.0 Å². The average molecular weight is 610 g/mol. The molecule has 0 aliphatic heterocycles. The van der Waals surface area contributed by atoms with Gasteiger partial charge in [-0.3, -0.25) is 4.79 Å². The van der Waals surface area contributed by atoms with Crippen molar-refractivity contribution in [2.75, 3.05) is 6.61 Å². The largest absolute Gasteiger partial charge is 0.490 e. The highest BCUT2D eigenvalue weighted by Crippen LogP contribution is 2.38. The molecule has 0 spiro atoms. The first kappa shape index (κ1) is 35.3. The first-order valence-corrected chi connectivity index (χ1v) is 18.4. The molecule has 0 N–H and O–H groups in total. The Hall–Kier alpha value is -2.14. The molecule has 1 fully saturated rings. The maximum absolute atomic E-state index is 12.9. The van der Waals surface area contributed by atoms with Crippen molar-refractivity contribution in [2.24, 2.45) is 11.8 Å². The Bertz CT molecular complexity index is 1030. The zero-order valence-corrected chi connectivity index (χ0v) is 28.3. The summed E-state index contributed by atoms with van der Waals surface area (Å²) >= 11 is 1.50. The van der Waals surface area contributed by atoms with Crippen LogP contribution in [0.4, 0.5) is 0 Å². The second-order valence-electron chi connectivity index (χ2n) is 12.8. The molecule has 240 valence electrons. The monoisotopic (exact) mass is 609 g/mol. The van der Waals surface area contributed by atoms with Crippen molar-refractivity contribution in [2.45, 2.75) is 149 Å². The highest BCUT2D eigenvalue weighted by Gasteiger charge is 2.24. The molecular formula is C38H59NO3S. The number of ether oxygens (including phenoxy) is 2. The number of allylic oxidation sites excluding steroid dienone is 2. The van der Waals surface area contributed by atoms with Crippen molar-refractivity contribution in [3.8, 4) is 5.75 Å². The fraction of sp³-hybridized carbons (Fsp3) is 0.684. The quantitative estimate of drug-likeness (QED) is 0.0830. The lowest BCUT2D eigenvalue weighted by molar-refractivity contribution is -0.151. The van der Waals surface area contributed by atoms with Crippen LogP contribution in [0.1, 0.15) is 148 Å². The Morgan fingerprint density at radius 2 is 1.65 bits per heavy atom. The average Bonchev–Trinajstić information content (AvgIpc) is 3.73. The van der Waals surface area contributed by atoms with Gasteiger partial charge in [-0.05, 0) is 73.0 Å². The van der Waals surface area contributed by atoms with E-state index < -0.39 is 0 Å². The minimum absolute atomic E-state index is 0.0368. The van der Waals surface area contributed by atoms with Crippen LogP contribution < -0.4 is 4.74 Å². The zero-order valence-electron chi connectivity index (χ0n) is 27.5. The molecule has 1 heterocycles. The molecule has 1 aromatic heterocycles. The van der Waals surface area contributed by atoms with Crippen molar-refractivity contribution in [3.05, 3.63) is 53.0 Å². The van der Waals surface area contributed by atoms with Gasteiger partial charge in [0.15, 0.2) is 5.75 Å². The molecule has 3 rings (SSSR count). The van der Waals surface area contributed by atoms with E-state index in [0.717, 1.165) is 68.9 Å². The first-order valence-electron chi connectivity index (χ1n) is 17.6. The van der Waals surface area contributed by atoms with E-state index in [-0.39, 0.29) is 18.0 Å². The molecule has 1 aromatic carbocycles. The zero-order chi connectivity index (χ0) is 30.5. The van der Waals surface area contributed by atoms with Crippen LogP contribution in [0.3, 0.4) is 0 Å². The summed E-state index contributed by atoms with van der Waals surface area (Å²) in [6.45, 7) is 7.50. The van der Waals surface area contributed by atoms with Crippen LogP contribution in [0, 0.1) is 11.8 Å². The number of hydrogen-bond donors (Lipinski definition) is 0. The summed E-state index contributed by atoms with van der Waals surface area (Å²) in [6, 6.07) is 10.5. The van der Waals surface area contributed by atoms with Crippen molar-refractivity contribution >= 4 is 23.1 Å². The molecule has 0 bridgehead atoms. The normalized spacial score (nSPS) is 14.9. The third-order valence-electron chi connectivity index (χ3n) is 8.81. The number of rotatable bonds is 25. The lowest BCUT2D eigenvalue weighted by atomic mass is 9.92. The third-order valence-corrected chi connectivity index (χ3v) is 9.42. The van der Waals surface area contributed by atoms with E-state index in [9.17, 15) is 4.79 Å². The summed E-state index contributed by atoms with van der Waals surface area (Å²) < 4.78 is 17.2. The highest BCUT2D eigenvalue weighted by molar-refractivity contribution is 7.04. The number of hydrogen-bond acceptors (Lipinski definition) is 5. The van der Waals surface area contributed by atoms with E-state index in [0.29, 0.717) is 6.42 Å². The van der Waals surface area contributed by atoms with Gasteiger partial charge in [-0.1, -0.05) is 128 Å². The van der Waals surface area contributed by atoms with Gasteiger partial charge in [-0.15, -0.1) is 0 Å². The van der Waals surface area contributed by atoms with Gasteiger partial charge in [0.25, 0.3) is 0 Å². The smallest absolute Gasteiger partial charge is 0.306 e. The van der Waals surface area contributed by atoms with Gasteiger partial charge in [0.05, 0.1) is 12.0 Å². The van der Waals surface area contributed by atoms with Crippen molar-refractivity contribution in [1.29, 1.82) is 0 Å². The summed E-state index contributed by atoms with van der Waals surface area (Å²) in [5, 5.41) is 2.07. The maximum atomic E-state index is 12.9. The molecule has 1 aliphatic carbocycles. The van der Waals surface area contributed by atoms with E-state index in [1.165, 1.54) is 93.3 Å². The van der Waals surface area contributed by atoms with Gasteiger partial charge in [0.2, 0.25) is 0 Å². The lowest BCUT2D eigenvalue weighted by Gasteiger charge is -2.24. The highest BCUT2D eigenvalue weighted by atomic mass is 32.1. The minimum Gasteiger partial charge on any atom is -0.490 e. The van der Waals surface area contributed by atoms with Gasteiger partial charge in [-0.25, -0.2) is 0 Å². The van der Waals surface area contributed by atoms with E-state index in [1.807, 2.05) is 6.07 Å². The number of aromatic nitrogens is 1. The Balaban J connectivity index is 1.57. The van der Waals surface area contributed by atoms with E-state index in [4.69, 9.17) is 13.8 Å². The van der Waals surface area contributed by atoms with Gasteiger partial charge < -0.3 is 9.47 Å². The van der Waals surface area contributed by atoms with Crippen molar-refractivity contribution in [1.82, 2.24) is 4.37 Å². The lowest BCUT2D eigenvalue weighted by Crippen LogP contribution is -2.27. The summed E-state index contributed by atoms with van der Waals surface area (Å²) in [6.07, 6.45) is 23.8. The summed E-state index contributed by atoms with van der Waals surface area (Å²) in [5.41, 5.74) is 3.61. The van der Waals surface area contributed by atoms with Gasteiger partial charge in [0.1, 0.15) is 11.8 Å². The molecule has 0 amide bonds. The van der Waals surface area contributed by atoms with E-state index >= 15 is 0 Å². The Kier molecular flexibility index (Phi) is 17.7. The third kappa shape index (κ3) is 14.9. The first-order chi connectivity index (χ1) is 21.1. The van der Waals surface area contributed by atoms with Gasteiger partial charge in [-0.2, -0.15) is 4.37 Å². The number of esters is 1. The molecule has 43 heavy (non-hydrogen) atoms. The topological polar surface area (TPSA) is 48.4 Å². The van der Waals surface area contributed by atoms with Gasteiger partial charge >= 0.3 is 5.97 Å². The second kappa shape index (κ2) is 21.5. The Labute approximate surface area is 267 Å². The number of carbonyl (C=O) groups excluding carboxylic acids is 1. The fourth-order valence-electron chi connectivity index (χ4n) is 5.71. The SMILES string of the molecule is CCCCCCCCCC(=O)OC(Cc1ccccc1)C(C)CC/C=C(\CCC1CC1)c1nscc1OCCCCCC. The Morgan fingerprint density at radius 1 is 0.953 bits per heavy atom. The predicted octanol–water partition coefficient (Wildman–Crippen LogP) is 11.4. The number of carbonyl (C=O) groups is 1. The van der Waals surface area contributed by atoms with Crippen LogP contribution in [0.5, 0.6) is 5.75 Å². The standard InChI is InChI=1S/C38H59NO3S/c1-4-6-8-10-11-12-16-23-37(40)42-35(29-33-20-14-13-15-21-33)31(3)19-18-22-34(27-26-32-24-25-32)38-36(30-43-39-38)41-28-17-9-7-5-2/h13-15,20-22,30-32,35H,4-12,16-19,23-29H2,1-3H3/b34-22+. The number of nitrogens with zero attached hydrogens (tertiary/aromatic N) is 1. The molecule has 0 radical (unpaired) electrons. The number of unbranched alkanes of at least 4 members (excludes halogenated alkanes) is 9. The molecule has 2 aromatic rings.